The summed E-state index contributed by atoms with van der Waals surface area (Å²) >= 11 is 5.85. The monoisotopic (exact) mass is 293 g/mol. The van der Waals surface area contributed by atoms with E-state index in [9.17, 15) is 4.79 Å². The van der Waals surface area contributed by atoms with Crippen LogP contribution in [-0.4, -0.2) is 55.0 Å². The molecule has 0 saturated carbocycles. The predicted molar refractivity (Wildman–Crippen MR) is 75.6 cm³/mol. The van der Waals surface area contributed by atoms with Crippen molar-refractivity contribution < 1.29 is 9.53 Å². The molecular weight excluding hydrogens is 278 g/mol. The zero-order valence-corrected chi connectivity index (χ0v) is 11.8. The molecule has 20 heavy (non-hydrogen) atoms. The van der Waals surface area contributed by atoms with Gasteiger partial charge in [-0.2, -0.15) is 5.26 Å². The molecule has 1 aliphatic heterocycles. The molecule has 6 heteroatoms. The molecule has 0 unspecified atom stereocenters. The third kappa shape index (κ3) is 4.12. The molecule has 5 nitrogen and oxygen atoms in total. The molecule has 1 amide bonds. The normalized spacial score (nSPS) is 15.7. The van der Waals surface area contributed by atoms with E-state index in [1.807, 2.05) is 4.90 Å². The molecule has 1 aliphatic rings. The van der Waals surface area contributed by atoms with Crippen LogP contribution < -0.4 is 4.74 Å². The molecule has 1 aromatic carbocycles. The number of carbonyl (C=O) groups excluding carboxylic acids is 1. The quantitative estimate of drug-likeness (QED) is 0.787. The van der Waals surface area contributed by atoms with Crippen LogP contribution in [0.3, 0.4) is 0 Å². The fraction of sp³-hybridized carbons (Fsp3) is 0.429. The van der Waals surface area contributed by atoms with E-state index in [1.165, 1.54) is 0 Å². The van der Waals surface area contributed by atoms with E-state index in [-0.39, 0.29) is 12.5 Å². The Hall–Kier alpha value is -1.77. The van der Waals surface area contributed by atoms with Crippen molar-refractivity contribution in [1.82, 2.24) is 9.80 Å². The maximum atomic E-state index is 12.0. The van der Waals surface area contributed by atoms with Gasteiger partial charge in [0.25, 0.3) is 5.91 Å². The number of benzene rings is 1. The van der Waals surface area contributed by atoms with Gasteiger partial charge in [-0.05, 0) is 18.2 Å². The number of hydrogen-bond acceptors (Lipinski definition) is 4. The number of carbonyl (C=O) groups is 1. The lowest BCUT2D eigenvalue weighted by Gasteiger charge is -2.33. The predicted octanol–water partition coefficient (Wildman–Crippen LogP) is 1.39. The topological polar surface area (TPSA) is 56.6 Å². The zero-order chi connectivity index (χ0) is 14.4. The molecule has 1 heterocycles. The standard InChI is InChI=1S/C14H16ClN3O2/c15-12-2-1-3-13(10-12)20-11-14(19)18-8-6-17(5-4-16)7-9-18/h1-3,10H,5-9,11H2. The summed E-state index contributed by atoms with van der Waals surface area (Å²) in [5.41, 5.74) is 0. The lowest BCUT2D eigenvalue weighted by Crippen LogP contribution is -2.49. The minimum absolute atomic E-state index is 0.0125. The number of amides is 1. The highest BCUT2D eigenvalue weighted by molar-refractivity contribution is 6.30. The molecule has 0 spiro atoms. The minimum atomic E-state index is -0.0402. The highest BCUT2D eigenvalue weighted by Crippen LogP contribution is 2.17. The molecule has 0 aromatic heterocycles. The fourth-order valence-corrected chi connectivity index (χ4v) is 2.23. The van der Waals surface area contributed by atoms with Crippen LogP contribution >= 0.6 is 11.6 Å². The molecule has 0 radical (unpaired) electrons. The van der Waals surface area contributed by atoms with Crippen molar-refractivity contribution in [3.8, 4) is 11.8 Å². The van der Waals surface area contributed by atoms with Crippen molar-refractivity contribution in [1.29, 1.82) is 5.26 Å². The molecule has 1 aromatic rings. The second kappa shape index (κ2) is 7.13. The van der Waals surface area contributed by atoms with Crippen LogP contribution in [0.2, 0.25) is 5.02 Å². The highest BCUT2D eigenvalue weighted by atomic mass is 35.5. The summed E-state index contributed by atoms with van der Waals surface area (Å²) in [5, 5.41) is 9.21. The molecule has 0 bridgehead atoms. The summed E-state index contributed by atoms with van der Waals surface area (Å²) < 4.78 is 5.43. The van der Waals surface area contributed by atoms with Crippen molar-refractivity contribution >= 4 is 17.5 Å². The number of ether oxygens (including phenoxy) is 1. The zero-order valence-electron chi connectivity index (χ0n) is 11.1. The van der Waals surface area contributed by atoms with Crippen LogP contribution in [0.5, 0.6) is 5.75 Å². The van der Waals surface area contributed by atoms with Crippen LogP contribution in [0.4, 0.5) is 0 Å². The van der Waals surface area contributed by atoms with Gasteiger partial charge in [-0.3, -0.25) is 9.69 Å². The molecule has 0 atom stereocenters. The van der Waals surface area contributed by atoms with Gasteiger partial charge in [0, 0.05) is 31.2 Å². The van der Waals surface area contributed by atoms with E-state index in [2.05, 4.69) is 6.07 Å². The van der Waals surface area contributed by atoms with Crippen LogP contribution in [0.15, 0.2) is 24.3 Å². The van der Waals surface area contributed by atoms with Gasteiger partial charge in [0.1, 0.15) is 5.75 Å². The van der Waals surface area contributed by atoms with E-state index < -0.39 is 0 Å². The third-order valence-electron chi connectivity index (χ3n) is 3.18. The first-order valence-corrected chi connectivity index (χ1v) is 6.82. The Bertz CT molecular complexity index is 507. The van der Waals surface area contributed by atoms with Gasteiger partial charge >= 0.3 is 0 Å². The molecule has 0 aliphatic carbocycles. The largest absolute Gasteiger partial charge is 0.484 e. The Morgan fingerprint density at radius 1 is 1.35 bits per heavy atom. The van der Waals surface area contributed by atoms with Crippen molar-refractivity contribution in [3.63, 3.8) is 0 Å². The highest BCUT2D eigenvalue weighted by Gasteiger charge is 2.20. The summed E-state index contributed by atoms with van der Waals surface area (Å²) in [6, 6.07) is 9.10. The smallest absolute Gasteiger partial charge is 0.260 e. The SMILES string of the molecule is N#CCN1CCN(C(=O)COc2cccc(Cl)c2)CC1. The molecular formula is C14H16ClN3O2. The van der Waals surface area contributed by atoms with Crippen molar-refractivity contribution in [2.45, 2.75) is 0 Å². The molecule has 1 saturated heterocycles. The van der Waals surface area contributed by atoms with Gasteiger partial charge in [-0.25, -0.2) is 0 Å². The van der Waals surface area contributed by atoms with Crippen molar-refractivity contribution in [2.75, 3.05) is 39.3 Å². The van der Waals surface area contributed by atoms with E-state index >= 15 is 0 Å². The minimum Gasteiger partial charge on any atom is -0.484 e. The second-order valence-corrected chi connectivity index (χ2v) is 5.00. The van der Waals surface area contributed by atoms with Crippen LogP contribution in [-0.2, 0) is 4.79 Å². The second-order valence-electron chi connectivity index (χ2n) is 4.56. The van der Waals surface area contributed by atoms with E-state index in [1.54, 1.807) is 29.2 Å². The Labute approximate surface area is 123 Å². The van der Waals surface area contributed by atoms with Gasteiger partial charge in [-0.15, -0.1) is 0 Å². The van der Waals surface area contributed by atoms with Crippen LogP contribution in [0.1, 0.15) is 0 Å². The van der Waals surface area contributed by atoms with Crippen LogP contribution in [0.25, 0.3) is 0 Å². The van der Waals surface area contributed by atoms with E-state index in [0.29, 0.717) is 30.4 Å². The fourth-order valence-electron chi connectivity index (χ4n) is 2.05. The summed E-state index contributed by atoms with van der Waals surface area (Å²) in [4.78, 5) is 15.8. The summed E-state index contributed by atoms with van der Waals surface area (Å²) in [6.07, 6.45) is 0. The summed E-state index contributed by atoms with van der Waals surface area (Å²) in [5.74, 6) is 0.551. The molecule has 2 rings (SSSR count). The number of nitrogens with zero attached hydrogens (tertiary/aromatic N) is 3. The van der Waals surface area contributed by atoms with Gasteiger partial charge in [0.15, 0.2) is 6.61 Å². The molecule has 0 N–H and O–H groups in total. The van der Waals surface area contributed by atoms with Gasteiger partial charge in [0.05, 0.1) is 12.6 Å². The average Bonchev–Trinajstić information content (AvgIpc) is 2.46. The summed E-state index contributed by atoms with van der Waals surface area (Å²) in [7, 11) is 0. The number of rotatable bonds is 4. The summed E-state index contributed by atoms with van der Waals surface area (Å²) in [6.45, 7) is 3.17. The first-order chi connectivity index (χ1) is 9.69. The van der Waals surface area contributed by atoms with Crippen LogP contribution in [0, 0.1) is 11.3 Å². The van der Waals surface area contributed by atoms with Crippen molar-refractivity contribution in [2.24, 2.45) is 0 Å². The lowest BCUT2D eigenvalue weighted by atomic mass is 10.3. The number of hydrogen-bond donors (Lipinski definition) is 0. The Morgan fingerprint density at radius 2 is 2.10 bits per heavy atom. The number of halogens is 1. The van der Waals surface area contributed by atoms with E-state index in [0.717, 1.165) is 13.1 Å². The Kier molecular flexibility index (Phi) is 5.22. The van der Waals surface area contributed by atoms with Gasteiger partial charge in [0.2, 0.25) is 0 Å². The first kappa shape index (κ1) is 14.6. The van der Waals surface area contributed by atoms with Gasteiger partial charge in [-0.1, -0.05) is 17.7 Å². The number of nitriles is 1. The molecule has 1 fully saturated rings. The molecule has 106 valence electrons. The maximum Gasteiger partial charge on any atom is 0.260 e. The maximum absolute atomic E-state index is 12.0. The third-order valence-corrected chi connectivity index (χ3v) is 3.41. The average molecular weight is 294 g/mol. The first-order valence-electron chi connectivity index (χ1n) is 6.44. The Morgan fingerprint density at radius 3 is 2.75 bits per heavy atom. The number of piperazine rings is 1. The lowest BCUT2D eigenvalue weighted by molar-refractivity contribution is -0.135. The van der Waals surface area contributed by atoms with E-state index in [4.69, 9.17) is 21.6 Å². The van der Waals surface area contributed by atoms with Crippen molar-refractivity contribution in [3.05, 3.63) is 29.3 Å². The Balaban J connectivity index is 1.77. The van der Waals surface area contributed by atoms with Gasteiger partial charge < -0.3 is 9.64 Å².